The fraction of sp³-hybridized carbons (Fsp3) is 0.214. The molecule has 2 aromatic carbocycles. The van der Waals surface area contributed by atoms with E-state index >= 15 is 4.39 Å². The molecule has 0 saturated carbocycles. The van der Waals surface area contributed by atoms with E-state index < -0.39 is 23.6 Å². The lowest BCUT2D eigenvalue weighted by molar-refractivity contribution is -0.149. The molecule has 2 heterocycles. The van der Waals surface area contributed by atoms with Gasteiger partial charge in [-0.25, -0.2) is 4.39 Å². The van der Waals surface area contributed by atoms with Crippen molar-refractivity contribution in [1.29, 1.82) is 0 Å². The quantitative estimate of drug-likeness (QED) is 0.473. The molecule has 1 aliphatic carbocycles. The van der Waals surface area contributed by atoms with E-state index in [1.165, 1.54) is 6.07 Å². The number of hydrogen-bond acceptors (Lipinski definition) is 5. The van der Waals surface area contributed by atoms with Gasteiger partial charge in [-0.3, -0.25) is 9.59 Å². The molecular formula is C28H24FNO3S. The molecule has 0 amide bonds. The van der Waals surface area contributed by atoms with Crippen LogP contribution in [0.2, 0.25) is 0 Å². The van der Waals surface area contributed by atoms with Crippen LogP contribution in [0.15, 0.2) is 95.7 Å². The van der Waals surface area contributed by atoms with Gasteiger partial charge in [-0.1, -0.05) is 61.2 Å². The molecule has 0 spiro atoms. The van der Waals surface area contributed by atoms with Crippen molar-refractivity contribution < 1.29 is 18.7 Å². The van der Waals surface area contributed by atoms with Gasteiger partial charge in [-0.05, 0) is 35.1 Å². The number of benzene rings is 2. The van der Waals surface area contributed by atoms with E-state index in [9.17, 15) is 9.59 Å². The Balaban J connectivity index is 1.52. The minimum absolute atomic E-state index is 0.0504. The number of Topliss-reactive ketones (excluding diaryl/α,β-unsaturated/α-hetero) is 1. The molecule has 5 rings (SSSR count). The predicted molar refractivity (Wildman–Crippen MR) is 129 cm³/mol. The molecular weight excluding hydrogens is 449 g/mol. The summed E-state index contributed by atoms with van der Waals surface area (Å²) in [5.41, 5.74) is 2.76. The van der Waals surface area contributed by atoms with Gasteiger partial charge in [-0.2, -0.15) is 0 Å². The van der Waals surface area contributed by atoms with Crippen molar-refractivity contribution in [3.63, 3.8) is 0 Å². The predicted octanol–water partition coefficient (Wildman–Crippen LogP) is 5.85. The number of allylic oxidation sites excluding steroid dienone is 2. The number of ether oxygens (including phenoxy) is 1. The van der Waals surface area contributed by atoms with Crippen LogP contribution >= 0.6 is 11.3 Å². The van der Waals surface area contributed by atoms with Crippen LogP contribution in [-0.4, -0.2) is 11.8 Å². The van der Waals surface area contributed by atoms with Gasteiger partial charge in [0.15, 0.2) is 5.78 Å². The van der Waals surface area contributed by atoms with Crippen molar-refractivity contribution in [2.24, 2.45) is 5.92 Å². The number of esters is 1. The highest BCUT2D eigenvalue weighted by Gasteiger charge is 2.46. The summed E-state index contributed by atoms with van der Waals surface area (Å²) in [6.07, 6.45) is 0.932. The van der Waals surface area contributed by atoms with E-state index in [1.807, 2.05) is 47.8 Å². The zero-order chi connectivity index (χ0) is 23.7. The molecule has 172 valence electrons. The van der Waals surface area contributed by atoms with Crippen LogP contribution in [0, 0.1) is 11.7 Å². The summed E-state index contributed by atoms with van der Waals surface area (Å²) in [5.74, 6) is -2.72. The number of nitrogens with one attached hydrogen (secondary N) is 1. The number of halogens is 1. The third kappa shape index (κ3) is 4.21. The summed E-state index contributed by atoms with van der Waals surface area (Å²) in [6.45, 7) is 4.19. The second-order valence-corrected chi connectivity index (χ2v) is 9.64. The van der Waals surface area contributed by atoms with Crippen molar-refractivity contribution in [2.75, 3.05) is 0 Å². The molecule has 0 saturated heterocycles. The number of ketones is 1. The summed E-state index contributed by atoms with van der Waals surface area (Å²) in [7, 11) is 0. The van der Waals surface area contributed by atoms with E-state index in [-0.39, 0.29) is 18.3 Å². The maximum Gasteiger partial charge on any atom is 0.316 e. The summed E-state index contributed by atoms with van der Waals surface area (Å²) in [5, 5.41) is 5.23. The van der Waals surface area contributed by atoms with Crippen molar-refractivity contribution >= 4 is 23.1 Å². The lowest BCUT2D eigenvalue weighted by Crippen LogP contribution is -2.42. The van der Waals surface area contributed by atoms with Crippen LogP contribution in [0.4, 0.5) is 4.39 Å². The molecule has 3 atom stereocenters. The van der Waals surface area contributed by atoms with Crippen molar-refractivity contribution in [1.82, 2.24) is 5.32 Å². The van der Waals surface area contributed by atoms with E-state index in [0.29, 0.717) is 29.7 Å². The second kappa shape index (κ2) is 9.39. The Morgan fingerprint density at radius 1 is 1.06 bits per heavy atom. The maximum absolute atomic E-state index is 15.0. The average molecular weight is 474 g/mol. The lowest BCUT2D eigenvalue weighted by Gasteiger charge is -2.40. The highest BCUT2D eigenvalue weighted by Crippen LogP contribution is 2.48. The van der Waals surface area contributed by atoms with Crippen molar-refractivity contribution in [3.05, 3.63) is 117 Å². The first-order valence-corrected chi connectivity index (χ1v) is 12.1. The first-order valence-electron chi connectivity index (χ1n) is 11.2. The lowest BCUT2D eigenvalue weighted by atomic mass is 9.69. The Kier molecular flexibility index (Phi) is 6.16. The number of carbonyl (C=O) groups is 2. The Labute approximate surface area is 201 Å². The second-order valence-electron chi connectivity index (χ2n) is 8.66. The highest BCUT2D eigenvalue weighted by molar-refractivity contribution is 7.10. The maximum atomic E-state index is 15.0. The molecule has 3 unspecified atom stereocenters. The zero-order valence-electron chi connectivity index (χ0n) is 18.5. The van der Waals surface area contributed by atoms with Crippen molar-refractivity contribution in [3.8, 4) is 0 Å². The molecule has 6 heteroatoms. The number of carbonyl (C=O) groups excluding carboxylic acids is 2. The Bertz CT molecular complexity index is 1270. The first-order chi connectivity index (χ1) is 16.5. The van der Waals surface area contributed by atoms with Crippen LogP contribution in [-0.2, 0) is 20.9 Å². The van der Waals surface area contributed by atoms with Gasteiger partial charge in [0.2, 0.25) is 0 Å². The fourth-order valence-electron chi connectivity index (χ4n) is 4.93. The van der Waals surface area contributed by atoms with E-state index in [4.69, 9.17) is 4.74 Å². The molecule has 34 heavy (non-hydrogen) atoms. The topological polar surface area (TPSA) is 55.4 Å². The highest BCUT2D eigenvalue weighted by atomic mass is 32.1. The summed E-state index contributed by atoms with van der Waals surface area (Å²) >= 11 is 1.62. The van der Waals surface area contributed by atoms with Gasteiger partial charge in [0.25, 0.3) is 0 Å². The van der Waals surface area contributed by atoms with E-state index in [2.05, 4.69) is 11.9 Å². The smallest absolute Gasteiger partial charge is 0.316 e. The molecule has 0 bridgehead atoms. The molecule has 4 nitrogen and oxygen atoms in total. The van der Waals surface area contributed by atoms with E-state index in [0.717, 1.165) is 16.1 Å². The van der Waals surface area contributed by atoms with Crippen LogP contribution in [0.5, 0.6) is 0 Å². The minimum atomic E-state index is -0.915. The summed E-state index contributed by atoms with van der Waals surface area (Å²) < 4.78 is 20.7. The molecule has 1 aliphatic heterocycles. The third-order valence-electron chi connectivity index (χ3n) is 6.50. The van der Waals surface area contributed by atoms with Gasteiger partial charge >= 0.3 is 5.97 Å². The normalized spacial score (nSPS) is 22.2. The van der Waals surface area contributed by atoms with Crippen LogP contribution in [0.25, 0.3) is 0 Å². The van der Waals surface area contributed by atoms with Crippen molar-refractivity contribution in [2.45, 2.75) is 31.3 Å². The van der Waals surface area contributed by atoms with Gasteiger partial charge in [0.1, 0.15) is 18.3 Å². The number of hydrogen-bond donors (Lipinski definition) is 1. The molecule has 1 N–H and O–H groups in total. The Morgan fingerprint density at radius 3 is 2.56 bits per heavy atom. The van der Waals surface area contributed by atoms with Gasteiger partial charge in [0.05, 0.1) is 0 Å². The number of thiophene rings is 1. The third-order valence-corrected chi connectivity index (χ3v) is 7.54. The van der Waals surface area contributed by atoms with Gasteiger partial charge < -0.3 is 10.1 Å². The number of rotatable bonds is 5. The largest absolute Gasteiger partial charge is 0.460 e. The average Bonchev–Trinajstić information content (AvgIpc) is 3.38. The first kappa shape index (κ1) is 22.3. The summed E-state index contributed by atoms with van der Waals surface area (Å²) in [4.78, 5) is 28.0. The fourth-order valence-corrected chi connectivity index (χ4v) is 5.76. The van der Waals surface area contributed by atoms with E-state index in [1.54, 1.807) is 29.5 Å². The van der Waals surface area contributed by atoms with Crippen LogP contribution in [0.1, 0.15) is 40.7 Å². The van der Waals surface area contributed by atoms with Crippen LogP contribution in [0.3, 0.4) is 0 Å². The minimum Gasteiger partial charge on any atom is -0.460 e. The molecule has 1 aromatic heterocycles. The molecule has 3 aromatic rings. The molecule has 2 aliphatic rings. The van der Waals surface area contributed by atoms with Gasteiger partial charge in [0, 0.05) is 40.1 Å². The SMILES string of the molecule is C=C1NC2=C(C(=O)CC(c3cccs3)C2)C(c2ccccc2F)C1C(=O)OCc1ccccc1. The molecule has 0 radical (unpaired) electrons. The Hall–Kier alpha value is -3.51. The van der Waals surface area contributed by atoms with Gasteiger partial charge in [-0.15, -0.1) is 11.3 Å². The standard InChI is InChI=1S/C28H24FNO3S/c1-17-25(28(32)33-16-18-8-3-2-4-9-18)26(20-10-5-6-11-21(20)29)27-22(30-17)14-19(15-23(27)31)24-12-7-13-34-24/h2-13,19,25-26,30H,1,14-16H2. The monoisotopic (exact) mass is 473 g/mol. The zero-order valence-corrected chi connectivity index (χ0v) is 19.3. The molecule has 0 fully saturated rings. The summed E-state index contributed by atoms with van der Waals surface area (Å²) in [6, 6.07) is 19.7. The Morgan fingerprint density at radius 2 is 1.82 bits per heavy atom. The van der Waals surface area contributed by atoms with Crippen LogP contribution < -0.4 is 5.32 Å².